The molecule has 0 amide bonds. The second-order valence-electron chi connectivity index (χ2n) is 3.25. The predicted molar refractivity (Wildman–Crippen MR) is 74.6 cm³/mol. The zero-order valence-corrected chi connectivity index (χ0v) is 11.6. The van der Waals surface area contributed by atoms with Gasteiger partial charge in [0.2, 0.25) is 0 Å². The summed E-state index contributed by atoms with van der Waals surface area (Å²) in [5.41, 5.74) is 1.73. The van der Waals surface area contributed by atoms with Crippen molar-refractivity contribution in [2.75, 3.05) is 0 Å². The maximum absolute atomic E-state index is 13.1. The van der Waals surface area contributed by atoms with Gasteiger partial charge < -0.3 is 0 Å². The molecule has 0 heterocycles. The molecule has 0 atom stereocenters. The van der Waals surface area contributed by atoms with Crippen LogP contribution in [0.1, 0.15) is 0 Å². The van der Waals surface area contributed by atoms with Gasteiger partial charge in [-0.05, 0) is 52.4 Å². The molecule has 0 aliphatic carbocycles. The quantitative estimate of drug-likeness (QED) is 0.592. The molecule has 0 bridgehead atoms. The van der Waals surface area contributed by atoms with E-state index in [0.717, 1.165) is 11.1 Å². The van der Waals surface area contributed by atoms with Crippen LogP contribution >= 0.6 is 45.8 Å². The number of halogens is 4. The van der Waals surface area contributed by atoms with E-state index in [-0.39, 0.29) is 5.82 Å². The van der Waals surface area contributed by atoms with Crippen LogP contribution in [0.3, 0.4) is 0 Å². The SMILES string of the molecule is Fc1ccc(-c2ccc(Cl)cc2Cl)cc1I. The van der Waals surface area contributed by atoms with Gasteiger partial charge in [0.05, 0.1) is 0 Å². The van der Waals surface area contributed by atoms with Crippen molar-refractivity contribution in [1.82, 2.24) is 0 Å². The highest BCUT2D eigenvalue weighted by Crippen LogP contribution is 2.31. The smallest absolute Gasteiger partial charge is 0.136 e. The lowest BCUT2D eigenvalue weighted by Crippen LogP contribution is -1.85. The standard InChI is InChI=1S/C12H6Cl2FI/c13-8-2-3-9(10(14)6-8)7-1-4-11(15)12(16)5-7/h1-6H. The summed E-state index contributed by atoms with van der Waals surface area (Å²) in [7, 11) is 0. The lowest BCUT2D eigenvalue weighted by molar-refractivity contribution is 0.620. The fourth-order valence-electron chi connectivity index (χ4n) is 1.39. The van der Waals surface area contributed by atoms with Crippen LogP contribution in [0.2, 0.25) is 10.0 Å². The molecule has 0 aliphatic rings. The molecule has 0 N–H and O–H groups in total. The molecule has 0 saturated heterocycles. The van der Waals surface area contributed by atoms with Crippen molar-refractivity contribution in [1.29, 1.82) is 0 Å². The Hall–Kier alpha value is -0.320. The first kappa shape index (κ1) is 12.1. The molecule has 0 saturated carbocycles. The first-order valence-electron chi connectivity index (χ1n) is 4.48. The van der Waals surface area contributed by atoms with E-state index in [4.69, 9.17) is 23.2 Å². The average molecular weight is 367 g/mol. The van der Waals surface area contributed by atoms with Crippen LogP contribution in [-0.4, -0.2) is 0 Å². The first-order valence-corrected chi connectivity index (χ1v) is 6.32. The fourth-order valence-corrected chi connectivity index (χ4v) is 2.42. The molecular weight excluding hydrogens is 361 g/mol. The van der Waals surface area contributed by atoms with Gasteiger partial charge in [0, 0.05) is 19.2 Å². The van der Waals surface area contributed by atoms with Gasteiger partial charge in [-0.2, -0.15) is 0 Å². The van der Waals surface area contributed by atoms with E-state index in [1.807, 2.05) is 28.7 Å². The van der Waals surface area contributed by atoms with E-state index < -0.39 is 0 Å². The van der Waals surface area contributed by atoms with E-state index in [9.17, 15) is 4.39 Å². The molecular formula is C12H6Cl2FI. The normalized spacial score (nSPS) is 10.5. The van der Waals surface area contributed by atoms with Gasteiger partial charge >= 0.3 is 0 Å². The Labute approximate surface area is 117 Å². The molecule has 0 spiro atoms. The van der Waals surface area contributed by atoms with E-state index in [2.05, 4.69) is 0 Å². The molecule has 4 heteroatoms. The minimum atomic E-state index is -0.227. The van der Waals surface area contributed by atoms with Gasteiger partial charge in [-0.15, -0.1) is 0 Å². The average Bonchev–Trinajstić information content (AvgIpc) is 2.22. The zero-order valence-electron chi connectivity index (χ0n) is 7.98. The molecule has 0 aliphatic heterocycles. The lowest BCUT2D eigenvalue weighted by Gasteiger charge is -2.06. The third kappa shape index (κ3) is 2.50. The van der Waals surface area contributed by atoms with Gasteiger partial charge in [-0.1, -0.05) is 35.3 Å². The molecule has 0 nitrogen and oxygen atoms in total. The zero-order chi connectivity index (χ0) is 11.7. The highest BCUT2D eigenvalue weighted by molar-refractivity contribution is 14.1. The Kier molecular flexibility index (Phi) is 3.72. The second kappa shape index (κ2) is 4.90. The van der Waals surface area contributed by atoms with Gasteiger partial charge in [-0.25, -0.2) is 4.39 Å². The monoisotopic (exact) mass is 366 g/mol. The van der Waals surface area contributed by atoms with Crippen LogP contribution < -0.4 is 0 Å². The van der Waals surface area contributed by atoms with Crippen molar-refractivity contribution >= 4 is 45.8 Å². The summed E-state index contributed by atoms with van der Waals surface area (Å²) in [6, 6.07) is 10.2. The van der Waals surface area contributed by atoms with E-state index in [0.29, 0.717) is 13.6 Å². The third-order valence-electron chi connectivity index (χ3n) is 2.16. The fraction of sp³-hybridized carbons (Fsp3) is 0. The van der Waals surface area contributed by atoms with Crippen molar-refractivity contribution in [3.63, 3.8) is 0 Å². The number of benzene rings is 2. The molecule has 2 rings (SSSR count). The summed E-state index contributed by atoms with van der Waals surface area (Å²) in [5, 5.41) is 1.15. The maximum Gasteiger partial charge on any atom is 0.136 e. The molecule has 16 heavy (non-hydrogen) atoms. The Morgan fingerprint density at radius 1 is 1.00 bits per heavy atom. The van der Waals surface area contributed by atoms with Crippen LogP contribution in [0.5, 0.6) is 0 Å². The Balaban J connectivity index is 2.54. The molecule has 0 unspecified atom stereocenters. The lowest BCUT2D eigenvalue weighted by atomic mass is 10.1. The van der Waals surface area contributed by atoms with E-state index >= 15 is 0 Å². The summed E-state index contributed by atoms with van der Waals surface area (Å²) in [4.78, 5) is 0. The number of rotatable bonds is 1. The van der Waals surface area contributed by atoms with E-state index in [1.54, 1.807) is 24.3 Å². The summed E-state index contributed by atoms with van der Waals surface area (Å²) in [5.74, 6) is -0.227. The van der Waals surface area contributed by atoms with E-state index in [1.165, 1.54) is 6.07 Å². The minimum Gasteiger partial charge on any atom is -0.206 e. The van der Waals surface area contributed by atoms with Gasteiger partial charge in [0.15, 0.2) is 0 Å². The number of hydrogen-bond donors (Lipinski definition) is 0. The van der Waals surface area contributed by atoms with Crippen LogP contribution in [0.15, 0.2) is 36.4 Å². The van der Waals surface area contributed by atoms with Crippen LogP contribution in [0, 0.1) is 9.39 Å². The van der Waals surface area contributed by atoms with Crippen molar-refractivity contribution in [2.24, 2.45) is 0 Å². The first-order chi connectivity index (χ1) is 7.58. The Morgan fingerprint density at radius 2 is 1.75 bits per heavy atom. The Bertz CT molecular complexity index is 541. The van der Waals surface area contributed by atoms with Crippen molar-refractivity contribution < 1.29 is 4.39 Å². The van der Waals surface area contributed by atoms with Gasteiger partial charge in [0.1, 0.15) is 5.82 Å². The maximum atomic E-state index is 13.1. The predicted octanol–water partition coefficient (Wildman–Crippen LogP) is 5.40. The molecule has 82 valence electrons. The van der Waals surface area contributed by atoms with Crippen molar-refractivity contribution in [3.8, 4) is 11.1 Å². The number of hydrogen-bond acceptors (Lipinski definition) is 0. The van der Waals surface area contributed by atoms with Gasteiger partial charge in [0.25, 0.3) is 0 Å². The Morgan fingerprint density at radius 3 is 2.38 bits per heavy atom. The molecule has 0 aromatic heterocycles. The summed E-state index contributed by atoms with van der Waals surface area (Å²) in [6.45, 7) is 0. The largest absolute Gasteiger partial charge is 0.206 e. The second-order valence-corrected chi connectivity index (χ2v) is 5.26. The van der Waals surface area contributed by atoms with Gasteiger partial charge in [-0.3, -0.25) is 0 Å². The molecule has 0 radical (unpaired) electrons. The van der Waals surface area contributed by atoms with Crippen molar-refractivity contribution in [3.05, 3.63) is 55.8 Å². The van der Waals surface area contributed by atoms with Crippen LogP contribution in [-0.2, 0) is 0 Å². The third-order valence-corrected chi connectivity index (χ3v) is 3.54. The molecule has 0 fully saturated rings. The summed E-state index contributed by atoms with van der Waals surface area (Å²) < 4.78 is 13.7. The topological polar surface area (TPSA) is 0 Å². The summed E-state index contributed by atoms with van der Waals surface area (Å²) >= 11 is 13.8. The minimum absolute atomic E-state index is 0.227. The van der Waals surface area contributed by atoms with Crippen molar-refractivity contribution in [2.45, 2.75) is 0 Å². The van der Waals surface area contributed by atoms with Crippen LogP contribution in [0.4, 0.5) is 4.39 Å². The molecule has 2 aromatic rings. The van der Waals surface area contributed by atoms with Crippen LogP contribution in [0.25, 0.3) is 11.1 Å². The molecule has 2 aromatic carbocycles. The highest BCUT2D eigenvalue weighted by Gasteiger charge is 2.06. The summed E-state index contributed by atoms with van der Waals surface area (Å²) in [6.07, 6.45) is 0. The highest BCUT2D eigenvalue weighted by atomic mass is 127.